The summed E-state index contributed by atoms with van der Waals surface area (Å²) in [5.41, 5.74) is 4.18. The first-order valence-corrected chi connectivity index (χ1v) is 10.1. The molecule has 0 atom stereocenters. The molecule has 0 saturated carbocycles. The minimum Gasteiger partial charge on any atom is -0.508 e. The number of likely N-dealkylation sites (tertiary alicyclic amines) is 1. The van der Waals surface area contributed by atoms with Crippen molar-refractivity contribution in [1.29, 1.82) is 0 Å². The number of carbonyl (C=O) groups is 2. The van der Waals surface area contributed by atoms with Crippen LogP contribution in [0.25, 0.3) is 0 Å². The molecule has 1 saturated heterocycles. The Balaban J connectivity index is 1.35. The maximum atomic E-state index is 12.7. The van der Waals surface area contributed by atoms with E-state index < -0.39 is 0 Å². The van der Waals surface area contributed by atoms with Gasteiger partial charge >= 0.3 is 6.03 Å². The van der Waals surface area contributed by atoms with Crippen molar-refractivity contribution < 1.29 is 14.7 Å². The van der Waals surface area contributed by atoms with Gasteiger partial charge in [-0.2, -0.15) is 0 Å². The molecule has 0 aromatic heterocycles. The number of amides is 2. The van der Waals surface area contributed by atoms with Gasteiger partial charge in [-0.3, -0.25) is 4.79 Å². The highest BCUT2D eigenvalue weighted by Gasteiger charge is 2.28. The lowest BCUT2D eigenvalue weighted by atomic mass is 9.89. The van der Waals surface area contributed by atoms with Crippen molar-refractivity contribution in [3.63, 3.8) is 0 Å². The maximum absolute atomic E-state index is 12.7. The van der Waals surface area contributed by atoms with Crippen molar-refractivity contribution in [2.45, 2.75) is 38.5 Å². The van der Waals surface area contributed by atoms with Crippen molar-refractivity contribution in [1.82, 2.24) is 4.90 Å². The number of anilines is 1. The van der Waals surface area contributed by atoms with E-state index in [0.29, 0.717) is 31.5 Å². The summed E-state index contributed by atoms with van der Waals surface area (Å²) < 4.78 is 0. The van der Waals surface area contributed by atoms with Gasteiger partial charge in [0.1, 0.15) is 5.75 Å². The summed E-state index contributed by atoms with van der Waals surface area (Å²) in [6, 6.07) is 12.5. The molecule has 2 aromatic carbocycles. The molecule has 1 fully saturated rings. The third kappa shape index (κ3) is 3.88. The number of nitrogens with zero attached hydrogens (tertiary/aromatic N) is 1. The predicted molar refractivity (Wildman–Crippen MR) is 109 cm³/mol. The summed E-state index contributed by atoms with van der Waals surface area (Å²) in [6.07, 6.45) is 5.83. The number of Topliss-reactive ketones (excluding diaryl/α,β-unsaturated/α-hetero) is 1. The van der Waals surface area contributed by atoms with Crippen molar-refractivity contribution in [2.24, 2.45) is 5.92 Å². The van der Waals surface area contributed by atoms with Gasteiger partial charge in [0.05, 0.1) is 0 Å². The highest BCUT2D eigenvalue weighted by molar-refractivity contribution is 5.98. The van der Waals surface area contributed by atoms with Gasteiger partial charge in [0.25, 0.3) is 0 Å². The molecule has 28 heavy (non-hydrogen) atoms. The zero-order chi connectivity index (χ0) is 19.5. The molecule has 2 aromatic rings. The SMILES string of the molecule is O=C(c1ccc(O)cc1)C1CCN(C(=O)Nc2cccc3c2CCCC3)CC1. The number of carbonyl (C=O) groups excluding carboxylic acids is 2. The smallest absolute Gasteiger partial charge is 0.321 e. The number of hydrogen-bond acceptors (Lipinski definition) is 3. The number of fused-ring (bicyclic) bond motifs is 1. The van der Waals surface area contributed by atoms with Crippen LogP contribution in [0, 0.1) is 5.92 Å². The number of aryl methyl sites for hydroxylation is 1. The highest BCUT2D eigenvalue weighted by atomic mass is 16.3. The Hall–Kier alpha value is -2.82. The van der Waals surface area contributed by atoms with Gasteiger partial charge < -0.3 is 15.3 Å². The van der Waals surface area contributed by atoms with Crippen LogP contribution in [-0.4, -0.2) is 34.9 Å². The van der Waals surface area contributed by atoms with Crippen LogP contribution >= 0.6 is 0 Å². The van der Waals surface area contributed by atoms with Gasteiger partial charge in [0.15, 0.2) is 5.78 Å². The maximum Gasteiger partial charge on any atom is 0.321 e. The van der Waals surface area contributed by atoms with E-state index in [1.165, 1.54) is 36.1 Å². The van der Waals surface area contributed by atoms with E-state index in [4.69, 9.17) is 0 Å². The third-order valence-electron chi connectivity index (χ3n) is 5.94. The minimum absolute atomic E-state index is 0.0712. The molecule has 0 bridgehead atoms. The second-order valence-corrected chi connectivity index (χ2v) is 7.75. The zero-order valence-electron chi connectivity index (χ0n) is 16.0. The van der Waals surface area contributed by atoms with Crippen LogP contribution in [0.3, 0.4) is 0 Å². The van der Waals surface area contributed by atoms with Crippen LogP contribution in [-0.2, 0) is 12.8 Å². The average Bonchev–Trinajstić information content (AvgIpc) is 2.74. The van der Waals surface area contributed by atoms with Crippen LogP contribution < -0.4 is 5.32 Å². The molecule has 146 valence electrons. The minimum atomic E-state index is -0.0745. The first kappa shape index (κ1) is 18.5. The Bertz CT molecular complexity index is 868. The standard InChI is InChI=1S/C23H26N2O3/c26-19-10-8-17(9-11-19)22(27)18-12-14-25(15-13-18)23(28)24-21-7-3-5-16-4-1-2-6-20(16)21/h3,5,7-11,18,26H,1-2,4,6,12-15H2,(H,24,28). The molecule has 1 heterocycles. The van der Waals surface area contributed by atoms with Gasteiger partial charge in [0.2, 0.25) is 0 Å². The van der Waals surface area contributed by atoms with Crippen LogP contribution in [0.5, 0.6) is 5.75 Å². The topological polar surface area (TPSA) is 69.6 Å². The number of phenols is 1. The molecule has 1 aliphatic heterocycles. The summed E-state index contributed by atoms with van der Waals surface area (Å²) >= 11 is 0. The summed E-state index contributed by atoms with van der Waals surface area (Å²) in [5.74, 6) is 0.182. The first-order chi connectivity index (χ1) is 13.6. The quantitative estimate of drug-likeness (QED) is 0.778. The average molecular weight is 378 g/mol. The molecule has 0 radical (unpaired) electrons. The van der Waals surface area contributed by atoms with Crippen molar-refractivity contribution in [3.05, 3.63) is 59.2 Å². The van der Waals surface area contributed by atoms with Crippen LogP contribution in [0.1, 0.15) is 47.2 Å². The van der Waals surface area contributed by atoms with Gasteiger partial charge in [-0.25, -0.2) is 4.79 Å². The third-order valence-corrected chi connectivity index (χ3v) is 5.94. The lowest BCUT2D eigenvalue weighted by Crippen LogP contribution is -2.42. The lowest BCUT2D eigenvalue weighted by Gasteiger charge is -2.32. The Kier molecular flexibility index (Phi) is 5.33. The Morgan fingerprint density at radius 2 is 1.68 bits per heavy atom. The van der Waals surface area contributed by atoms with Gasteiger partial charge in [0, 0.05) is 30.3 Å². The number of ketones is 1. The molecule has 5 nitrogen and oxygen atoms in total. The molecular weight excluding hydrogens is 352 g/mol. The number of aromatic hydroxyl groups is 1. The van der Waals surface area contributed by atoms with Crippen molar-refractivity contribution in [2.75, 3.05) is 18.4 Å². The van der Waals surface area contributed by atoms with E-state index >= 15 is 0 Å². The predicted octanol–water partition coefficient (Wildman–Crippen LogP) is 4.40. The molecule has 0 spiro atoms. The fraction of sp³-hybridized carbons (Fsp3) is 0.391. The Morgan fingerprint density at radius 3 is 2.43 bits per heavy atom. The fourth-order valence-electron chi connectivity index (χ4n) is 4.30. The number of rotatable bonds is 3. The summed E-state index contributed by atoms with van der Waals surface area (Å²) in [6.45, 7) is 1.16. The molecule has 1 aliphatic carbocycles. The van der Waals surface area contributed by atoms with Crippen LogP contribution in [0.15, 0.2) is 42.5 Å². The van der Waals surface area contributed by atoms with Gasteiger partial charge in [-0.05, 0) is 80.0 Å². The zero-order valence-corrected chi connectivity index (χ0v) is 16.0. The second-order valence-electron chi connectivity index (χ2n) is 7.75. The first-order valence-electron chi connectivity index (χ1n) is 10.1. The Morgan fingerprint density at radius 1 is 0.964 bits per heavy atom. The number of benzene rings is 2. The molecule has 0 unspecified atom stereocenters. The number of urea groups is 1. The van der Waals surface area contributed by atoms with E-state index in [1.807, 2.05) is 17.0 Å². The fourth-order valence-corrected chi connectivity index (χ4v) is 4.30. The monoisotopic (exact) mass is 378 g/mol. The molecule has 5 heteroatoms. The molecular formula is C23H26N2O3. The van der Waals surface area contributed by atoms with Crippen molar-refractivity contribution >= 4 is 17.5 Å². The summed E-state index contributed by atoms with van der Waals surface area (Å²) in [7, 11) is 0. The van der Waals surface area contributed by atoms with Gasteiger partial charge in [-0.1, -0.05) is 12.1 Å². The summed E-state index contributed by atoms with van der Waals surface area (Å²) in [4.78, 5) is 27.2. The number of piperidine rings is 1. The van der Waals surface area contributed by atoms with E-state index in [-0.39, 0.29) is 23.5 Å². The molecule has 2 N–H and O–H groups in total. The largest absolute Gasteiger partial charge is 0.508 e. The van der Waals surface area contributed by atoms with Crippen molar-refractivity contribution in [3.8, 4) is 5.75 Å². The Labute approximate surface area is 165 Å². The van der Waals surface area contributed by atoms with E-state index in [1.54, 1.807) is 12.1 Å². The van der Waals surface area contributed by atoms with E-state index in [0.717, 1.165) is 18.5 Å². The molecule has 2 amide bonds. The van der Waals surface area contributed by atoms with Crippen LogP contribution in [0.2, 0.25) is 0 Å². The van der Waals surface area contributed by atoms with Crippen LogP contribution in [0.4, 0.5) is 10.5 Å². The second kappa shape index (κ2) is 8.05. The molecule has 2 aliphatic rings. The number of phenolic OH excluding ortho intramolecular Hbond substituents is 1. The number of hydrogen-bond donors (Lipinski definition) is 2. The van der Waals surface area contributed by atoms with Gasteiger partial charge in [-0.15, -0.1) is 0 Å². The highest BCUT2D eigenvalue weighted by Crippen LogP contribution is 2.29. The summed E-state index contributed by atoms with van der Waals surface area (Å²) in [5, 5.41) is 12.5. The number of nitrogens with one attached hydrogen (secondary N) is 1. The molecule has 4 rings (SSSR count). The lowest BCUT2D eigenvalue weighted by molar-refractivity contribution is 0.0859. The van der Waals surface area contributed by atoms with E-state index in [9.17, 15) is 14.7 Å². The van der Waals surface area contributed by atoms with E-state index in [2.05, 4.69) is 11.4 Å². The normalized spacial score (nSPS) is 17.1.